The number of unbranched alkanes of at least 4 members (excludes halogenated alkanes) is 13. The maximum absolute atomic E-state index is 11.7. The molecular weight excluding hydrogens is 433 g/mol. The number of nitrogens with two attached hydrogens (primary N) is 1. The lowest BCUT2D eigenvalue weighted by molar-refractivity contribution is -0.151. The van der Waals surface area contributed by atoms with Crippen molar-refractivity contribution in [1.82, 2.24) is 0 Å². The van der Waals surface area contributed by atoms with Crippen LogP contribution in [0.15, 0.2) is 0 Å². The van der Waals surface area contributed by atoms with E-state index in [-0.39, 0.29) is 26.4 Å². The normalized spacial score (nSPS) is 14.2. The van der Waals surface area contributed by atoms with Gasteiger partial charge in [-0.1, -0.05) is 90.4 Å². The zero-order chi connectivity index (χ0) is 23.9. The van der Waals surface area contributed by atoms with Gasteiger partial charge in [-0.25, -0.2) is 4.57 Å². The second kappa shape index (κ2) is 22.3. The first-order valence-corrected chi connectivity index (χ1v) is 14.0. The third-order valence-electron chi connectivity index (χ3n) is 5.07. The van der Waals surface area contributed by atoms with Crippen LogP contribution in [-0.4, -0.2) is 49.9 Å². The van der Waals surface area contributed by atoms with E-state index in [0.717, 1.165) is 12.8 Å². The maximum atomic E-state index is 11.7. The van der Waals surface area contributed by atoms with Gasteiger partial charge in [-0.3, -0.25) is 13.8 Å². The average molecular weight is 482 g/mol. The van der Waals surface area contributed by atoms with Crippen molar-refractivity contribution in [3.05, 3.63) is 0 Å². The maximum Gasteiger partial charge on any atom is 0.472 e. The molecule has 0 spiro atoms. The first-order valence-electron chi connectivity index (χ1n) is 12.5. The van der Waals surface area contributed by atoms with Crippen molar-refractivity contribution in [3.8, 4) is 0 Å². The third kappa shape index (κ3) is 22.7. The number of carbonyl (C=O) groups is 1. The van der Waals surface area contributed by atoms with E-state index >= 15 is 0 Å². The van der Waals surface area contributed by atoms with Crippen molar-refractivity contribution < 1.29 is 32.8 Å². The van der Waals surface area contributed by atoms with E-state index in [4.69, 9.17) is 19.7 Å². The SMILES string of the molecule is CCCCCCCCCCCCCCCCOCC(COP(=O)(O)OCCN)OC(C)=O. The van der Waals surface area contributed by atoms with Gasteiger partial charge in [-0.2, -0.15) is 0 Å². The molecule has 0 saturated heterocycles. The minimum absolute atomic E-state index is 0.0956. The first-order chi connectivity index (χ1) is 15.4. The zero-order valence-electron chi connectivity index (χ0n) is 20.4. The number of phosphoric acid groups is 1. The lowest BCUT2D eigenvalue weighted by atomic mass is 10.0. The molecule has 9 heteroatoms. The van der Waals surface area contributed by atoms with Gasteiger partial charge in [0, 0.05) is 20.1 Å². The molecule has 0 aromatic heterocycles. The number of rotatable bonds is 24. The molecule has 0 fully saturated rings. The number of hydrogen-bond acceptors (Lipinski definition) is 7. The summed E-state index contributed by atoms with van der Waals surface area (Å²) in [6, 6.07) is 0. The molecule has 0 heterocycles. The molecular formula is C23H48NO7P. The van der Waals surface area contributed by atoms with Gasteiger partial charge < -0.3 is 20.1 Å². The summed E-state index contributed by atoms with van der Waals surface area (Å²) < 4.78 is 31.8. The van der Waals surface area contributed by atoms with Crippen LogP contribution in [0.1, 0.15) is 104 Å². The van der Waals surface area contributed by atoms with Crippen molar-refractivity contribution in [1.29, 1.82) is 0 Å². The average Bonchev–Trinajstić information content (AvgIpc) is 2.75. The van der Waals surface area contributed by atoms with Crippen LogP contribution in [0.4, 0.5) is 0 Å². The molecule has 0 rings (SSSR count). The van der Waals surface area contributed by atoms with E-state index < -0.39 is 19.9 Å². The molecule has 2 atom stereocenters. The lowest BCUT2D eigenvalue weighted by Crippen LogP contribution is -2.27. The van der Waals surface area contributed by atoms with Gasteiger partial charge in [-0.05, 0) is 6.42 Å². The summed E-state index contributed by atoms with van der Waals surface area (Å²) in [6.45, 7) is 3.91. The van der Waals surface area contributed by atoms with Crippen molar-refractivity contribution >= 4 is 13.8 Å². The highest BCUT2D eigenvalue weighted by Gasteiger charge is 2.24. The Bertz CT molecular complexity index is 479. The van der Waals surface area contributed by atoms with E-state index in [1.165, 1.54) is 84.0 Å². The van der Waals surface area contributed by atoms with Gasteiger partial charge in [0.25, 0.3) is 0 Å². The second-order valence-electron chi connectivity index (χ2n) is 8.29. The molecule has 8 nitrogen and oxygen atoms in total. The molecule has 192 valence electrons. The standard InChI is InChI=1S/C23H48NO7P/c1-3-4-5-6-7-8-9-10-11-12-13-14-15-16-18-28-20-23(31-22(2)25)21-30-32(26,27)29-19-17-24/h23H,3-21,24H2,1-2H3,(H,26,27). The van der Waals surface area contributed by atoms with Crippen LogP contribution >= 0.6 is 7.82 Å². The van der Waals surface area contributed by atoms with Gasteiger partial charge in [0.2, 0.25) is 0 Å². The van der Waals surface area contributed by atoms with E-state index in [1.54, 1.807) is 0 Å². The Hall–Kier alpha value is -0.500. The molecule has 0 saturated carbocycles. The summed E-state index contributed by atoms with van der Waals surface area (Å²) >= 11 is 0. The van der Waals surface area contributed by atoms with E-state index in [0.29, 0.717) is 6.61 Å². The van der Waals surface area contributed by atoms with Crippen molar-refractivity contribution in [2.24, 2.45) is 5.73 Å². The van der Waals surface area contributed by atoms with Crippen molar-refractivity contribution in [2.45, 2.75) is 110 Å². The second-order valence-corrected chi connectivity index (χ2v) is 9.74. The molecule has 3 N–H and O–H groups in total. The minimum Gasteiger partial charge on any atom is -0.458 e. The predicted molar refractivity (Wildman–Crippen MR) is 127 cm³/mol. The van der Waals surface area contributed by atoms with Crippen molar-refractivity contribution in [3.63, 3.8) is 0 Å². The highest BCUT2D eigenvalue weighted by molar-refractivity contribution is 7.47. The largest absolute Gasteiger partial charge is 0.472 e. The van der Waals surface area contributed by atoms with Crippen LogP contribution in [0.3, 0.4) is 0 Å². The molecule has 0 aliphatic heterocycles. The van der Waals surface area contributed by atoms with E-state index in [2.05, 4.69) is 11.4 Å². The molecule has 0 bridgehead atoms. The fourth-order valence-corrected chi connectivity index (χ4v) is 4.11. The van der Waals surface area contributed by atoms with Gasteiger partial charge in [0.1, 0.15) is 6.10 Å². The van der Waals surface area contributed by atoms with E-state index in [1.807, 2.05) is 0 Å². The number of hydrogen-bond donors (Lipinski definition) is 2. The van der Waals surface area contributed by atoms with Gasteiger partial charge in [0.05, 0.1) is 19.8 Å². The lowest BCUT2D eigenvalue weighted by Gasteiger charge is -2.19. The predicted octanol–water partition coefficient (Wildman–Crippen LogP) is 5.51. The van der Waals surface area contributed by atoms with Crippen LogP contribution < -0.4 is 5.73 Å². The fraction of sp³-hybridized carbons (Fsp3) is 0.957. The van der Waals surface area contributed by atoms with Crippen molar-refractivity contribution in [2.75, 3.05) is 33.0 Å². The molecule has 32 heavy (non-hydrogen) atoms. The molecule has 0 aliphatic rings. The summed E-state index contributed by atoms with van der Waals surface area (Å²) in [7, 11) is -4.21. The minimum atomic E-state index is -4.21. The van der Waals surface area contributed by atoms with Gasteiger partial charge in [0.15, 0.2) is 0 Å². The molecule has 2 unspecified atom stereocenters. The molecule has 0 aromatic carbocycles. The Labute approximate surface area is 195 Å². The molecule has 0 aliphatic carbocycles. The fourth-order valence-electron chi connectivity index (χ4n) is 3.35. The summed E-state index contributed by atoms with van der Waals surface area (Å²) in [5.41, 5.74) is 5.23. The number of carbonyl (C=O) groups excluding carboxylic acids is 1. The topological polar surface area (TPSA) is 117 Å². The summed E-state index contributed by atoms with van der Waals surface area (Å²) in [5.74, 6) is -0.505. The summed E-state index contributed by atoms with van der Waals surface area (Å²) in [6.07, 6.45) is 17.4. The molecule has 0 radical (unpaired) electrons. The first kappa shape index (κ1) is 31.5. The Morgan fingerprint density at radius 1 is 0.812 bits per heavy atom. The third-order valence-corrected chi connectivity index (χ3v) is 6.06. The Balaban J connectivity index is 3.63. The summed E-state index contributed by atoms with van der Waals surface area (Å²) in [4.78, 5) is 20.7. The Morgan fingerprint density at radius 2 is 1.31 bits per heavy atom. The highest BCUT2D eigenvalue weighted by atomic mass is 31.2. The zero-order valence-corrected chi connectivity index (χ0v) is 21.3. The molecule has 0 aromatic rings. The smallest absolute Gasteiger partial charge is 0.458 e. The Kier molecular flexibility index (Phi) is 22.0. The quantitative estimate of drug-likeness (QED) is 0.105. The van der Waals surface area contributed by atoms with Crippen LogP contribution in [0.25, 0.3) is 0 Å². The van der Waals surface area contributed by atoms with Gasteiger partial charge in [-0.15, -0.1) is 0 Å². The van der Waals surface area contributed by atoms with Crippen LogP contribution in [0.2, 0.25) is 0 Å². The van der Waals surface area contributed by atoms with Crippen LogP contribution in [-0.2, 0) is 27.9 Å². The Morgan fingerprint density at radius 3 is 1.78 bits per heavy atom. The number of ether oxygens (including phenoxy) is 2. The number of esters is 1. The van der Waals surface area contributed by atoms with Crippen LogP contribution in [0, 0.1) is 0 Å². The van der Waals surface area contributed by atoms with Gasteiger partial charge >= 0.3 is 13.8 Å². The van der Waals surface area contributed by atoms with Crippen LogP contribution in [0.5, 0.6) is 0 Å². The number of phosphoric ester groups is 1. The van der Waals surface area contributed by atoms with E-state index in [9.17, 15) is 14.3 Å². The summed E-state index contributed by atoms with van der Waals surface area (Å²) in [5, 5.41) is 0. The molecule has 0 amide bonds. The monoisotopic (exact) mass is 481 g/mol. The highest BCUT2D eigenvalue weighted by Crippen LogP contribution is 2.43.